The molecule has 0 saturated carbocycles. The number of tetrazole rings is 1. The van der Waals surface area contributed by atoms with E-state index in [0.29, 0.717) is 11.3 Å². The Kier molecular flexibility index (Phi) is 5.70. The number of carbonyl (C=O) groups excluding carboxylic acids is 3. The largest absolute Gasteiger partial charge is 0.444 e. The minimum absolute atomic E-state index is 0.156. The number of rotatable bonds is 5. The average molecular weight is 380 g/mol. The van der Waals surface area contributed by atoms with Gasteiger partial charge in [0.15, 0.2) is 0 Å². The number of ether oxygens (including phenoxy) is 1. The van der Waals surface area contributed by atoms with Crippen LogP contribution in [0.2, 0.25) is 0 Å². The van der Waals surface area contributed by atoms with Crippen LogP contribution in [0.3, 0.4) is 0 Å². The van der Waals surface area contributed by atoms with E-state index >= 15 is 0 Å². The number of benzene rings is 2. The summed E-state index contributed by atoms with van der Waals surface area (Å²) in [5.74, 6) is -1.55. The molecule has 1 atom stereocenters. The fraction of sp³-hybridized carbons (Fsp3) is 0.111. The van der Waals surface area contributed by atoms with E-state index in [4.69, 9.17) is 4.74 Å². The normalized spacial score (nSPS) is 11.3. The second-order valence-electron chi connectivity index (χ2n) is 5.54. The van der Waals surface area contributed by atoms with Crippen LogP contribution in [0.15, 0.2) is 60.9 Å². The highest BCUT2D eigenvalue weighted by atomic mass is 16.5. The van der Waals surface area contributed by atoms with Crippen LogP contribution in [-0.4, -0.2) is 45.2 Å². The second kappa shape index (κ2) is 8.54. The first-order valence-electron chi connectivity index (χ1n) is 8.21. The van der Waals surface area contributed by atoms with Gasteiger partial charge in [0.05, 0.1) is 11.3 Å². The van der Waals surface area contributed by atoms with Crippen LogP contribution >= 0.6 is 0 Å². The number of amides is 3. The molecule has 0 unspecified atom stereocenters. The van der Waals surface area contributed by atoms with Crippen molar-refractivity contribution in [3.63, 3.8) is 0 Å². The van der Waals surface area contributed by atoms with Crippen LogP contribution < -0.4 is 10.6 Å². The van der Waals surface area contributed by atoms with Gasteiger partial charge in [0.25, 0.3) is 5.91 Å². The summed E-state index contributed by atoms with van der Waals surface area (Å²) in [5.41, 5.74) is 0.955. The molecule has 3 rings (SSSR count). The van der Waals surface area contributed by atoms with Gasteiger partial charge in [-0.15, -0.1) is 5.10 Å². The second-order valence-corrected chi connectivity index (χ2v) is 5.54. The minimum Gasteiger partial charge on any atom is -0.444 e. The first-order valence-corrected chi connectivity index (χ1v) is 8.21. The van der Waals surface area contributed by atoms with Crippen molar-refractivity contribution in [3.8, 4) is 5.69 Å². The van der Waals surface area contributed by atoms with Crippen LogP contribution in [0.1, 0.15) is 22.0 Å². The summed E-state index contributed by atoms with van der Waals surface area (Å²) in [6.45, 7) is 0. The maximum Gasteiger partial charge on any atom is 0.341 e. The van der Waals surface area contributed by atoms with E-state index in [2.05, 4.69) is 26.2 Å². The number of para-hydroxylation sites is 1. The maximum atomic E-state index is 12.8. The van der Waals surface area contributed by atoms with Crippen LogP contribution in [0, 0.1) is 0 Å². The third-order valence-corrected chi connectivity index (χ3v) is 3.75. The number of nitrogens with one attached hydrogen (secondary N) is 2. The van der Waals surface area contributed by atoms with E-state index in [1.165, 1.54) is 24.1 Å². The van der Waals surface area contributed by atoms with Gasteiger partial charge in [0.1, 0.15) is 6.33 Å². The van der Waals surface area contributed by atoms with E-state index in [1.54, 1.807) is 48.5 Å². The Balaban J connectivity index is 1.90. The van der Waals surface area contributed by atoms with Gasteiger partial charge < -0.3 is 10.1 Å². The zero-order valence-corrected chi connectivity index (χ0v) is 14.8. The number of hydrogen-bond acceptors (Lipinski definition) is 7. The minimum atomic E-state index is -1.33. The summed E-state index contributed by atoms with van der Waals surface area (Å²) >= 11 is 0. The predicted molar refractivity (Wildman–Crippen MR) is 96.4 cm³/mol. The van der Waals surface area contributed by atoms with Crippen molar-refractivity contribution in [2.75, 3.05) is 7.05 Å². The monoisotopic (exact) mass is 380 g/mol. The van der Waals surface area contributed by atoms with Gasteiger partial charge in [-0.3, -0.25) is 10.1 Å². The molecule has 10 nitrogen and oxygen atoms in total. The quantitative estimate of drug-likeness (QED) is 0.632. The van der Waals surface area contributed by atoms with Gasteiger partial charge in [-0.05, 0) is 22.6 Å². The standard InChI is InChI=1S/C18H16N6O4/c1-19-18(27)21-16(25)15(12-7-3-2-4-8-12)28-17(26)13-9-5-6-10-14(13)24-11-20-22-23-24/h2-11,15H,1H3,(H2,19,21,25,27)/t15-/m1/s1. The van der Waals surface area contributed by atoms with Gasteiger partial charge in [0, 0.05) is 12.6 Å². The Labute approximate surface area is 159 Å². The molecule has 0 saturated heterocycles. The molecule has 10 heteroatoms. The lowest BCUT2D eigenvalue weighted by molar-refractivity contribution is -0.129. The highest BCUT2D eigenvalue weighted by Crippen LogP contribution is 2.22. The molecule has 0 bridgehead atoms. The number of hydrogen-bond donors (Lipinski definition) is 2. The Morgan fingerprint density at radius 1 is 1.04 bits per heavy atom. The zero-order valence-electron chi connectivity index (χ0n) is 14.8. The predicted octanol–water partition coefficient (Wildman–Crippen LogP) is 1.02. The molecule has 0 radical (unpaired) electrons. The highest BCUT2D eigenvalue weighted by Gasteiger charge is 2.28. The summed E-state index contributed by atoms with van der Waals surface area (Å²) in [5, 5.41) is 15.3. The van der Waals surface area contributed by atoms with Crippen LogP contribution in [0.25, 0.3) is 5.69 Å². The summed E-state index contributed by atoms with van der Waals surface area (Å²) in [4.78, 5) is 36.8. The van der Waals surface area contributed by atoms with Crippen LogP contribution in [-0.2, 0) is 9.53 Å². The molecule has 3 aromatic rings. The SMILES string of the molecule is CNC(=O)NC(=O)[C@H](OC(=O)c1ccccc1-n1cnnn1)c1ccccc1. The molecule has 0 fully saturated rings. The Morgan fingerprint density at radius 3 is 2.43 bits per heavy atom. The zero-order chi connectivity index (χ0) is 19.9. The van der Waals surface area contributed by atoms with E-state index in [-0.39, 0.29) is 5.56 Å². The summed E-state index contributed by atoms with van der Waals surface area (Å²) in [7, 11) is 1.37. The van der Waals surface area contributed by atoms with Crippen molar-refractivity contribution in [2.45, 2.75) is 6.10 Å². The van der Waals surface area contributed by atoms with E-state index in [0.717, 1.165) is 0 Å². The van der Waals surface area contributed by atoms with Crippen molar-refractivity contribution >= 4 is 17.9 Å². The van der Waals surface area contributed by atoms with E-state index < -0.39 is 24.0 Å². The summed E-state index contributed by atoms with van der Waals surface area (Å²) in [6.07, 6.45) is 0.00643. The van der Waals surface area contributed by atoms with Crippen molar-refractivity contribution in [3.05, 3.63) is 72.1 Å². The average Bonchev–Trinajstić information content (AvgIpc) is 3.27. The van der Waals surface area contributed by atoms with Crippen molar-refractivity contribution in [2.24, 2.45) is 0 Å². The third-order valence-electron chi connectivity index (χ3n) is 3.75. The molecule has 2 N–H and O–H groups in total. The van der Waals surface area contributed by atoms with E-state index in [9.17, 15) is 14.4 Å². The fourth-order valence-electron chi connectivity index (χ4n) is 2.43. The number of carbonyl (C=O) groups is 3. The molecular formula is C18H16N6O4. The van der Waals surface area contributed by atoms with Crippen molar-refractivity contribution in [1.82, 2.24) is 30.8 Å². The van der Waals surface area contributed by atoms with Crippen LogP contribution in [0.5, 0.6) is 0 Å². The van der Waals surface area contributed by atoms with Crippen molar-refractivity contribution in [1.29, 1.82) is 0 Å². The number of aromatic nitrogens is 4. The van der Waals surface area contributed by atoms with Crippen LogP contribution in [0.4, 0.5) is 4.79 Å². The van der Waals surface area contributed by atoms with E-state index in [1.807, 2.05) is 0 Å². The maximum absolute atomic E-state index is 12.8. The molecule has 2 aromatic carbocycles. The summed E-state index contributed by atoms with van der Waals surface area (Å²) < 4.78 is 6.76. The molecule has 1 aromatic heterocycles. The number of nitrogens with zero attached hydrogens (tertiary/aromatic N) is 4. The van der Waals surface area contributed by atoms with Gasteiger partial charge in [-0.25, -0.2) is 9.59 Å². The lowest BCUT2D eigenvalue weighted by atomic mass is 10.1. The molecule has 0 aliphatic heterocycles. The van der Waals surface area contributed by atoms with Gasteiger partial charge in [0.2, 0.25) is 6.10 Å². The third kappa shape index (κ3) is 4.18. The lowest BCUT2D eigenvalue weighted by Gasteiger charge is -2.18. The molecule has 0 aliphatic carbocycles. The molecule has 28 heavy (non-hydrogen) atoms. The first kappa shape index (κ1) is 18.7. The number of esters is 1. The van der Waals surface area contributed by atoms with Gasteiger partial charge in [-0.2, -0.15) is 4.68 Å². The van der Waals surface area contributed by atoms with Crippen molar-refractivity contribution < 1.29 is 19.1 Å². The topological polar surface area (TPSA) is 128 Å². The molecule has 142 valence electrons. The molecule has 3 amide bonds. The van der Waals surface area contributed by atoms with Gasteiger partial charge in [-0.1, -0.05) is 42.5 Å². The first-order chi connectivity index (χ1) is 13.6. The molecule has 0 aliphatic rings. The smallest absolute Gasteiger partial charge is 0.341 e. The fourth-order valence-corrected chi connectivity index (χ4v) is 2.43. The molecule has 1 heterocycles. The highest BCUT2D eigenvalue weighted by molar-refractivity contribution is 6.00. The number of imide groups is 1. The van der Waals surface area contributed by atoms with Gasteiger partial charge >= 0.3 is 12.0 Å². The summed E-state index contributed by atoms with van der Waals surface area (Å²) in [6, 6.07) is 14.2. The Bertz CT molecular complexity index is 975. The Morgan fingerprint density at radius 2 is 1.75 bits per heavy atom. The molecule has 0 spiro atoms. The Hall–Kier alpha value is -4.08. The number of urea groups is 1. The lowest BCUT2D eigenvalue weighted by Crippen LogP contribution is -2.41. The molecular weight excluding hydrogens is 364 g/mol.